The van der Waals surface area contributed by atoms with Gasteiger partial charge in [0.1, 0.15) is 22.9 Å². The summed E-state index contributed by atoms with van der Waals surface area (Å²) in [6.07, 6.45) is 5.99. The molecular weight excluding hydrogens is 396 g/mol. The van der Waals surface area contributed by atoms with Gasteiger partial charge in [0.05, 0.1) is 17.6 Å². The van der Waals surface area contributed by atoms with Crippen LogP contribution in [0.2, 0.25) is 0 Å². The summed E-state index contributed by atoms with van der Waals surface area (Å²) >= 11 is 1.41. The van der Waals surface area contributed by atoms with E-state index in [1.165, 1.54) is 30.1 Å². The van der Waals surface area contributed by atoms with Crippen LogP contribution in [0.1, 0.15) is 57.9 Å². The Morgan fingerprint density at radius 2 is 1.93 bits per heavy atom. The molecular formula is C19H24N4O5S. The van der Waals surface area contributed by atoms with Gasteiger partial charge in [-0.3, -0.25) is 19.6 Å². The molecule has 0 saturated carbocycles. The lowest BCUT2D eigenvalue weighted by molar-refractivity contribution is -0.386. The Kier molecular flexibility index (Phi) is 6.31. The Balaban J connectivity index is 1.87. The molecule has 29 heavy (non-hydrogen) atoms. The lowest BCUT2D eigenvalue weighted by Gasteiger charge is -2.11. The van der Waals surface area contributed by atoms with Gasteiger partial charge in [0.25, 0.3) is 0 Å². The smallest absolute Gasteiger partial charge is 0.341 e. The zero-order chi connectivity index (χ0) is 21.1. The van der Waals surface area contributed by atoms with E-state index in [1.807, 2.05) is 0 Å². The fourth-order valence-electron chi connectivity index (χ4n) is 3.73. The molecule has 0 unspecified atom stereocenters. The molecule has 1 amide bonds. The van der Waals surface area contributed by atoms with Crippen molar-refractivity contribution >= 4 is 33.9 Å². The van der Waals surface area contributed by atoms with Gasteiger partial charge in [-0.1, -0.05) is 12.8 Å². The highest BCUT2D eigenvalue weighted by molar-refractivity contribution is 7.17. The fraction of sp³-hybridized carbons (Fsp3) is 0.526. The minimum atomic E-state index is -0.499. The summed E-state index contributed by atoms with van der Waals surface area (Å²) in [4.78, 5) is 36.8. The lowest BCUT2D eigenvalue weighted by atomic mass is 9.96. The first-order valence-electron chi connectivity index (χ1n) is 9.54. The van der Waals surface area contributed by atoms with Crippen LogP contribution in [0.5, 0.6) is 0 Å². The number of methoxy groups -OCH3 is 1. The number of amides is 1. The predicted molar refractivity (Wildman–Crippen MR) is 109 cm³/mol. The monoisotopic (exact) mass is 420 g/mol. The van der Waals surface area contributed by atoms with E-state index >= 15 is 0 Å². The molecule has 3 rings (SSSR count). The zero-order valence-corrected chi connectivity index (χ0v) is 17.6. The van der Waals surface area contributed by atoms with E-state index in [1.54, 1.807) is 6.92 Å². The third-order valence-corrected chi connectivity index (χ3v) is 6.34. The van der Waals surface area contributed by atoms with Crippen molar-refractivity contribution in [3.8, 4) is 0 Å². The Hall–Kier alpha value is -2.75. The molecule has 9 nitrogen and oxygen atoms in total. The van der Waals surface area contributed by atoms with Crippen molar-refractivity contribution in [2.45, 2.75) is 58.9 Å². The number of ether oxygens (including phenoxy) is 1. The molecule has 0 atom stereocenters. The van der Waals surface area contributed by atoms with Crippen LogP contribution in [0.25, 0.3) is 0 Å². The number of nitro groups is 1. The van der Waals surface area contributed by atoms with E-state index in [0.717, 1.165) is 49.0 Å². The Morgan fingerprint density at radius 1 is 1.24 bits per heavy atom. The number of carbonyl (C=O) groups is 2. The molecule has 10 heteroatoms. The summed E-state index contributed by atoms with van der Waals surface area (Å²) in [6, 6.07) is 0. The first-order valence-corrected chi connectivity index (χ1v) is 10.4. The topological polar surface area (TPSA) is 116 Å². The van der Waals surface area contributed by atoms with Crippen molar-refractivity contribution in [3.05, 3.63) is 37.5 Å². The molecule has 1 aliphatic rings. The number of carbonyl (C=O) groups excluding carboxylic acids is 2. The molecule has 0 aliphatic heterocycles. The predicted octanol–water partition coefficient (Wildman–Crippen LogP) is 3.55. The number of thiophene rings is 1. The van der Waals surface area contributed by atoms with Crippen LogP contribution < -0.4 is 5.32 Å². The first kappa shape index (κ1) is 21.0. The van der Waals surface area contributed by atoms with Gasteiger partial charge in [-0.05, 0) is 45.1 Å². The number of hydrogen-bond acceptors (Lipinski definition) is 7. The van der Waals surface area contributed by atoms with Crippen molar-refractivity contribution in [1.29, 1.82) is 0 Å². The van der Waals surface area contributed by atoms with E-state index < -0.39 is 16.8 Å². The van der Waals surface area contributed by atoms with Gasteiger partial charge in [0.2, 0.25) is 5.91 Å². The van der Waals surface area contributed by atoms with Gasteiger partial charge >= 0.3 is 11.7 Å². The number of nitrogens with one attached hydrogen (secondary N) is 1. The van der Waals surface area contributed by atoms with Crippen LogP contribution >= 0.6 is 11.3 Å². The summed E-state index contributed by atoms with van der Waals surface area (Å²) in [5.74, 6) is -0.856. The third kappa shape index (κ3) is 4.31. The summed E-state index contributed by atoms with van der Waals surface area (Å²) in [5.41, 5.74) is 1.89. The Bertz CT molecular complexity index is 962. The molecule has 156 valence electrons. The highest BCUT2D eigenvalue weighted by Crippen LogP contribution is 2.37. The number of anilines is 1. The molecule has 0 aromatic carbocycles. The highest BCUT2D eigenvalue weighted by Gasteiger charge is 2.27. The van der Waals surface area contributed by atoms with Gasteiger partial charge in [0, 0.05) is 4.88 Å². The molecule has 1 N–H and O–H groups in total. The molecule has 0 radical (unpaired) electrons. The maximum Gasteiger partial charge on any atom is 0.341 e. The van der Waals surface area contributed by atoms with Crippen LogP contribution in [0.4, 0.5) is 10.7 Å². The summed E-state index contributed by atoms with van der Waals surface area (Å²) in [7, 11) is 1.33. The molecule has 0 spiro atoms. The van der Waals surface area contributed by atoms with Gasteiger partial charge in [0.15, 0.2) is 0 Å². The average Bonchev–Trinajstić information content (AvgIpc) is 3.10. The van der Waals surface area contributed by atoms with Gasteiger partial charge in [-0.2, -0.15) is 5.10 Å². The van der Waals surface area contributed by atoms with E-state index in [-0.39, 0.29) is 17.9 Å². The fourth-order valence-corrected chi connectivity index (χ4v) is 5.03. The number of aryl methyl sites for hydroxylation is 2. The summed E-state index contributed by atoms with van der Waals surface area (Å²) in [6.45, 7) is 2.92. The number of nitrogens with zero attached hydrogens (tertiary/aromatic N) is 3. The third-order valence-electron chi connectivity index (χ3n) is 5.13. The molecule has 1 aliphatic carbocycles. The summed E-state index contributed by atoms with van der Waals surface area (Å²) in [5, 5.41) is 18.5. The van der Waals surface area contributed by atoms with Crippen LogP contribution in [0.15, 0.2) is 0 Å². The van der Waals surface area contributed by atoms with Crippen molar-refractivity contribution in [3.63, 3.8) is 0 Å². The second kappa shape index (κ2) is 8.73. The largest absolute Gasteiger partial charge is 0.465 e. The SMILES string of the molecule is COC(=O)c1c(NC(=O)Cn2nc(C)c([N+](=O)[O-])c2C)sc2c1CCCCCC2. The second-order valence-corrected chi connectivity index (χ2v) is 8.20. The highest BCUT2D eigenvalue weighted by atomic mass is 32.1. The first-order chi connectivity index (χ1) is 13.8. The second-order valence-electron chi connectivity index (χ2n) is 7.10. The van der Waals surface area contributed by atoms with Gasteiger partial charge in [-0.15, -0.1) is 11.3 Å². The van der Waals surface area contributed by atoms with Gasteiger partial charge < -0.3 is 10.1 Å². The molecule has 2 aromatic rings. The molecule has 0 fully saturated rings. The van der Waals surface area contributed by atoms with Crippen LogP contribution in [-0.4, -0.2) is 33.7 Å². The van der Waals surface area contributed by atoms with Crippen molar-refractivity contribution < 1.29 is 19.2 Å². The van der Waals surface area contributed by atoms with Crippen LogP contribution in [0, 0.1) is 24.0 Å². The minimum Gasteiger partial charge on any atom is -0.465 e. The normalized spacial score (nSPS) is 13.9. The lowest BCUT2D eigenvalue weighted by Crippen LogP contribution is -2.21. The van der Waals surface area contributed by atoms with Crippen LogP contribution in [-0.2, 0) is 28.9 Å². The molecule has 2 aromatic heterocycles. The maximum atomic E-state index is 12.6. The van der Waals surface area contributed by atoms with E-state index in [9.17, 15) is 19.7 Å². The van der Waals surface area contributed by atoms with Gasteiger partial charge in [-0.25, -0.2) is 4.79 Å². The zero-order valence-electron chi connectivity index (χ0n) is 16.7. The number of esters is 1. The van der Waals surface area contributed by atoms with Crippen molar-refractivity contribution in [1.82, 2.24) is 9.78 Å². The van der Waals surface area contributed by atoms with E-state index in [2.05, 4.69) is 10.4 Å². The quantitative estimate of drug-likeness (QED) is 0.449. The average molecular weight is 420 g/mol. The molecule has 0 bridgehead atoms. The van der Waals surface area contributed by atoms with Crippen LogP contribution in [0.3, 0.4) is 0 Å². The maximum absolute atomic E-state index is 12.6. The van der Waals surface area contributed by atoms with Crippen molar-refractivity contribution in [2.75, 3.05) is 12.4 Å². The number of hydrogen-bond donors (Lipinski definition) is 1. The number of aromatic nitrogens is 2. The molecule has 2 heterocycles. The van der Waals surface area contributed by atoms with Crippen molar-refractivity contribution in [2.24, 2.45) is 0 Å². The number of fused-ring (bicyclic) bond motifs is 1. The standard InChI is InChI=1S/C19H24N4O5S/c1-11-17(23(26)27)12(2)22(21-11)10-15(24)20-18-16(19(25)28-3)13-8-6-4-5-7-9-14(13)29-18/h4-10H2,1-3H3,(H,20,24). The molecule has 0 saturated heterocycles. The van der Waals surface area contributed by atoms with E-state index in [0.29, 0.717) is 16.3 Å². The Labute approximate surface area is 172 Å². The van der Waals surface area contributed by atoms with E-state index in [4.69, 9.17) is 4.74 Å². The number of rotatable bonds is 5. The Morgan fingerprint density at radius 3 is 2.55 bits per heavy atom. The minimum absolute atomic E-state index is 0.0906. The summed E-state index contributed by atoms with van der Waals surface area (Å²) < 4.78 is 6.27.